The van der Waals surface area contributed by atoms with Gasteiger partial charge in [0.05, 0.1) is 0 Å². The van der Waals surface area contributed by atoms with E-state index in [0.717, 1.165) is 0 Å². The molecule has 0 aromatic carbocycles. The minimum Gasteiger partial charge on any atom is -0.461 e. The molecule has 0 aromatic heterocycles. The minimum absolute atomic E-state index is 0.128. The highest BCUT2D eigenvalue weighted by Crippen LogP contribution is 2.05. The predicted molar refractivity (Wildman–Crippen MR) is 75.8 cm³/mol. The van der Waals surface area contributed by atoms with Crippen molar-refractivity contribution in [2.75, 3.05) is 21.3 Å². The maximum absolute atomic E-state index is 5.51. The van der Waals surface area contributed by atoms with E-state index in [2.05, 4.69) is 32.8 Å². The summed E-state index contributed by atoms with van der Waals surface area (Å²) < 4.78 is 20.4. The monoisotopic (exact) mass is 282 g/mol. The van der Waals surface area contributed by atoms with Crippen LogP contribution in [0.1, 0.15) is 0 Å². The lowest BCUT2D eigenvalue weighted by Crippen LogP contribution is -2.40. The summed E-state index contributed by atoms with van der Waals surface area (Å²) in [5, 5.41) is 0. The first-order valence-corrected chi connectivity index (χ1v) is 12.4. The van der Waals surface area contributed by atoms with E-state index >= 15 is 0 Å². The van der Waals surface area contributed by atoms with Gasteiger partial charge in [0.25, 0.3) is 0 Å². The van der Waals surface area contributed by atoms with Gasteiger partial charge in [-0.05, 0) is 25.3 Å². The molecule has 0 rings (SSSR count). The third-order valence-electron chi connectivity index (χ3n) is 1.68. The highest BCUT2D eigenvalue weighted by molar-refractivity contribution is 6.73. The van der Waals surface area contributed by atoms with E-state index in [4.69, 9.17) is 17.4 Å². The lowest BCUT2D eigenvalue weighted by molar-refractivity contribution is 0.138. The van der Waals surface area contributed by atoms with Crippen molar-refractivity contribution in [2.24, 2.45) is 0 Å². The maximum Gasteiger partial charge on any atom is 0.528 e. The molecule has 0 saturated carbocycles. The number of hydrogen-bond acceptors (Lipinski definition) is 4. The quantitative estimate of drug-likeness (QED) is 0.693. The highest BCUT2D eigenvalue weighted by atomic mass is 28.4. The molecule has 0 N–H and O–H groups in total. The Morgan fingerprint density at radius 3 is 1.38 bits per heavy atom. The van der Waals surface area contributed by atoms with E-state index in [9.17, 15) is 0 Å². The lowest BCUT2D eigenvalue weighted by atomic mass is 11.3. The SMILES string of the molecule is C=C[Si](OC)(OC)OC.C[SiH2]O[Si](C)(C)C. The standard InChI is InChI=1S/C5H12O3Si.C4H14OSi2/c1-5-9(6-2,7-3)8-4;1-6-5-7(2,3)4/h5H,1H2,2-4H3;6H2,1-4H3. The van der Waals surface area contributed by atoms with E-state index in [1.165, 1.54) is 0 Å². The molecule has 0 atom stereocenters. The van der Waals surface area contributed by atoms with E-state index in [1.54, 1.807) is 27.0 Å². The molecule has 0 aliphatic heterocycles. The Hall–Kier alpha value is 0.231. The van der Waals surface area contributed by atoms with Crippen LogP contribution in [0.3, 0.4) is 0 Å². The van der Waals surface area contributed by atoms with Gasteiger partial charge in [-0.15, -0.1) is 0 Å². The van der Waals surface area contributed by atoms with Crippen molar-refractivity contribution in [3.05, 3.63) is 12.3 Å². The lowest BCUT2D eigenvalue weighted by Gasteiger charge is -2.19. The molecule has 0 aliphatic rings. The molecule has 98 valence electrons. The fraction of sp³-hybridized carbons (Fsp3) is 0.778. The van der Waals surface area contributed by atoms with Gasteiger partial charge in [0, 0.05) is 21.3 Å². The average Bonchev–Trinajstić information content (AvgIpc) is 2.21. The summed E-state index contributed by atoms with van der Waals surface area (Å²) >= 11 is 0. The van der Waals surface area contributed by atoms with Crippen molar-refractivity contribution in [3.63, 3.8) is 0 Å². The topological polar surface area (TPSA) is 36.9 Å². The van der Waals surface area contributed by atoms with Crippen LogP contribution in [0.5, 0.6) is 0 Å². The Morgan fingerprint density at radius 1 is 1.00 bits per heavy atom. The molecule has 16 heavy (non-hydrogen) atoms. The molecule has 7 heteroatoms. The van der Waals surface area contributed by atoms with Crippen molar-refractivity contribution < 1.29 is 17.4 Å². The number of rotatable bonds is 6. The van der Waals surface area contributed by atoms with Crippen molar-refractivity contribution in [1.82, 2.24) is 0 Å². The molecule has 0 fully saturated rings. The summed E-state index contributed by atoms with van der Waals surface area (Å²) in [6, 6.07) is 0. The van der Waals surface area contributed by atoms with Crippen LogP contribution in [-0.4, -0.2) is 48.2 Å². The van der Waals surface area contributed by atoms with Gasteiger partial charge in [0.2, 0.25) is 0 Å². The first-order valence-electron chi connectivity index (χ1n) is 5.23. The molecule has 4 nitrogen and oxygen atoms in total. The van der Waals surface area contributed by atoms with Gasteiger partial charge in [0.15, 0.2) is 8.32 Å². The van der Waals surface area contributed by atoms with E-state index in [0.29, 0.717) is 0 Å². The van der Waals surface area contributed by atoms with Crippen LogP contribution in [0, 0.1) is 0 Å². The Kier molecular flexibility index (Phi) is 10.8. The van der Waals surface area contributed by atoms with Gasteiger partial charge in [-0.3, -0.25) is 0 Å². The average molecular weight is 283 g/mol. The first kappa shape index (κ1) is 18.6. The van der Waals surface area contributed by atoms with Crippen LogP contribution in [0.4, 0.5) is 0 Å². The van der Waals surface area contributed by atoms with Crippen molar-refractivity contribution in [1.29, 1.82) is 0 Å². The van der Waals surface area contributed by atoms with Crippen LogP contribution in [-0.2, 0) is 17.4 Å². The summed E-state index contributed by atoms with van der Waals surface area (Å²) in [7, 11) is 0.976. The second-order valence-corrected chi connectivity index (χ2v) is 12.8. The third kappa shape index (κ3) is 9.46. The summed E-state index contributed by atoms with van der Waals surface area (Å²) in [4.78, 5) is 0. The van der Waals surface area contributed by atoms with Gasteiger partial charge in [0.1, 0.15) is 9.76 Å². The molecule has 0 heterocycles. The third-order valence-corrected chi connectivity index (χ3v) is 8.51. The Morgan fingerprint density at radius 2 is 1.38 bits per heavy atom. The second-order valence-electron chi connectivity index (χ2n) is 3.97. The van der Waals surface area contributed by atoms with Crippen LogP contribution in [0.2, 0.25) is 26.2 Å². The Balaban J connectivity index is 0. The number of hydrogen-bond donors (Lipinski definition) is 0. The van der Waals surface area contributed by atoms with Gasteiger partial charge in [-0.1, -0.05) is 13.1 Å². The van der Waals surface area contributed by atoms with Gasteiger partial charge in [-0.25, -0.2) is 0 Å². The van der Waals surface area contributed by atoms with Crippen molar-refractivity contribution >= 4 is 26.9 Å². The minimum atomic E-state index is -2.43. The fourth-order valence-electron chi connectivity index (χ4n) is 0.933. The molecule has 0 unspecified atom stereocenters. The second kappa shape index (κ2) is 9.28. The van der Waals surface area contributed by atoms with Crippen LogP contribution < -0.4 is 0 Å². The zero-order valence-electron chi connectivity index (χ0n) is 11.6. The Bertz CT molecular complexity index is 170. The van der Waals surface area contributed by atoms with Crippen molar-refractivity contribution in [2.45, 2.75) is 26.2 Å². The highest BCUT2D eigenvalue weighted by Gasteiger charge is 2.33. The molecule has 0 bridgehead atoms. The molecular weight excluding hydrogens is 256 g/mol. The summed E-state index contributed by atoms with van der Waals surface area (Å²) in [6.45, 7) is 12.4. The van der Waals surface area contributed by atoms with Crippen LogP contribution in [0.15, 0.2) is 12.3 Å². The van der Waals surface area contributed by atoms with Gasteiger partial charge >= 0.3 is 8.80 Å². The molecule has 0 amide bonds. The molecule has 0 aromatic rings. The fourth-order valence-corrected chi connectivity index (χ4v) is 5.40. The molecule has 0 radical (unpaired) electrons. The summed E-state index contributed by atoms with van der Waals surface area (Å²) in [5.74, 6) is 0. The largest absolute Gasteiger partial charge is 0.528 e. The van der Waals surface area contributed by atoms with Crippen LogP contribution in [0.25, 0.3) is 0 Å². The molecule has 0 aliphatic carbocycles. The predicted octanol–water partition coefficient (Wildman–Crippen LogP) is 1.56. The normalized spacial score (nSPS) is 12.4. The maximum atomic E-state index is 5.51. The van der Waals surface area contributed by atoms with Gasteiger partial charge < -0.3 is 17.4 Å². The zero-order valence-corrected chi connectivity index (χ0v) is 15.0. The van der Waals surface area contributed by atoms with Gasteiger partial charge in [-0.2, -0.15) is 0 Å². The summed E-state index contributed by atoms with van der Waals surface area (Å²) in [5.41, 5.74) is 1.58. The Labute approximate surface area is 104 Å². The van der Waals surface area contributed by atoms with Crippen LogP contribution >= 0.6 is 0 Å². The molecular formula is C9H26O4Si3. The molecule has 0 spiro atoms. The first-order chi connectivity index (χ1) is 7.30. The van der Waals surface area contributed by atoms with E-state index in [1.807, 2.05) is 0 Å². The summed E-state index contributed by atoms with van der Waals surface area (Å²) in [6.07, 6.45) is 0. The molecule has 0 saturated heterocycles. The zero-order chi connectivity index (χ0) is 13.2. The van der Waals surface area contributed by atoms with E-state index in [-0.39, 0.29) is 9.76 Å². The van der Waals surface area contributed by atoms with E-state index < -0.39 is 17.1 Å². The smallest absolute Gasteiger partial charge is 0.461 e. The van der Waals surface area contributed by atoms with Crippen molar-refractivity contribution in [3.8, 4) is 0 Å².